The highest BCUT2D eigenvalue weighted by Gasteiger charge is 2.27. The molecule has 2 aromatic heterocycles. The van der Waals surface area contributed by atoms with Gasteiger partial charge in [-0.05, 0) is 67.0 Å². The number of nitrogens with zero attached hydrogens (tertiary/aromatic N) is 7. The molecule has 12 heteroatoms. The molecule has 1 amide bonds. The van der Waals surface area contributed by atoms with E-state index in [1.165, 1.54) is 23.9 Å². The number of nitrogen functional groups attached to an aromatic ring is 1. The summed E-state index contributed by atoms with van der Waals surface area (Å²) < 4.78 is 11.6. The van der Waals surface area contributed by atoms with Crippen LogP contribution in [0.1, 0.15) is 60.8 Å². The number of aromatic nitrogens is 5. The van der Waals surface area contributed by atoms with Gasteiger partial charge in [0.2, 0.25) is 11.6 Å². The third-order valence-electron chi connectivity index (χ3n) is 5.84. The molecule has 1 aliphatic rings. The van der Waals surface area contributed by atoms with E-state index in [0.717, 1.165) is 24.2 Å². The van der Waals surface area contributed by atoms with Crippen molar-refractivity contribution in [2.75, 3.05) is 19.4 Å². The summed E-state index contributed by atoms with van der Waals surface area (Å²) >= 11 is 0. The van der Waals surface area contributed by atoms with Crippen LogP contribution in [0.3, 0.4) is 0 Å². The van der Waals surface area contributed by atoms with Gasteiger partial charge in [0, 0.05) is 12.6 Å². The van der Waals surface area contributed by atoms with Gasteiger partial charge in [0.05, 0.1) is 18.5 Å². The van der Waals surface area contributed by atoms with Gasteiger partial charge in [0.15, 0.2) is 5.69 Å². The average Bonchev–Trinajstić information content (AvgIpc) is 3.46. The first-order valence-corrected chi connectivity index (χ1v) is 11.4. The van der Waals surface area contributed by atoms with Crippen LogP contribution in [0.5, 0.6) is 5.75 Å². The molecule has 1 aliphatic carbocycles. The summed E-state index contributed by atoms with van der Waals surface area (Å²) in [6.07, 6.45) is 7.41. The van der Waals surface area contributed by atoms with E-state index in [4.69, 9.17) is 15.1 Å². The molecule has 3 N–H and O–H groups in total. The molecule has 0 bridgehead atoms. The number of hydrogen-bond donors (Lipinski definition) is 2. The van der Waals surface area contributed by atoms with Gasteiger partial charge >= 0.3 is 0 Å². The Bertz CT molecular complexity index is 1120. The van der Waals surface area contributed by atoms with Crippen molar-refractivity contribution >= 4 is 17.9 Å². The molecular weight excluding hydrogens is 438 g/mol. The van der Waals surface area contributed by atoms with E-state index in [9.17, 15) is 4.79 Å². The van der Waals surface area contributed by atoms with Gasteiger partial charge < -0.3 is 10.5 Å². The number of rotatable bonds is 9. The van der Waals surface area contributed by atoms with Crippen molar-refractivity contribution in [1.29, 1.82) is 0 Å². The van der Waals surface area contributed by atoms with Crippen molar-refractivity contribution in [2.24, 2.45) is 5.10 Å². The lowest BCUT2D eigenvalue weighted by atomic mass is 9.94. The van der Waals surface area contributed by atoms with Gasteiger partial charge in [-0.2, -0.15) is 9.78 Å². The van der Waals surface area contributed by atoms with Crippen LogP contribution < -0.4 is 15.9 Å². The predicted octanol–water partition coefficient (Wildman–Crippen LogP) is 2.16. The number of amides is 1. The lowest BCUT2D eigenvalue weighted by Gasteiger charge is -2.31. The van der Waals surface area contributed by atoms with Gasteiger partial charge in [-0.15, -0.1) is 5.10 Å². The maximum atomic E-state index is 13.0. The van der Waals surface area contributed by atoms with Crippen LogP contribution in [0.4, 0.5) is 5.82 Å². The molecule has 1 saturated carbocycles. The van der Waals surface area contributed by atoms with E-state index in [1.807, 2.05) is 38.2 Å². The van der Waals surface area contributed by atoms with Crippen molar-refractivity contribution in [1.82, 2.24) is 35.6 Å². The van der Waals surface area contributed by atoms with Crippen LogP contribution in [-0.4, -0.2) is 62.0 Å². The predicted molar refractivity (Wildman–Crippen MR) is 125 cm³/mol. The van der Waals surface area contributed by atoms with E-state index in [2.05, 4.69) is 36.1 Å². The third-order valence-corrected chi connectivity index (χ3v) is 5.84. The lowest BCUT2D eigenvalue weighted by molar-refractivity contribution is 0.0947. The highest BCUT2D eigenvalue weighted by molar-refractivity contribution is 5.94. The number of anilines is 1. The molecule has 0 unspecified atom stereocenters. The minimum Gasteiger partial charge on any atom is -0.494 e. The number of benzene rings is 1. The highest BCUT2D eigenvalue weighted by atomic mass is 16.6. The maximum Gasteiger partial charge on any atom is 0.293 e. The first kappa shape index (κ1) is 23.4. The number of hydrogen-bond acceptors (Lipinski definition) is 10. The Labute approximate surface area is 197 Å². The summed E-state index contributed by atoms with van der Waals surface area (Å²) in [5, 5.41) is 19.7. The zero-order valence-electron chi connectivity index (χ0n) is 19.3. The normalized spacial score (nSPS) is 14.7. The fourth-order valence-corrected chi connectivity index (χ4v) is 4.05. The topological polar surface area (TPSA) is 150 Å². The summed E-state index contributed by atoms with van der Waals surface area (Å²) in [5.41, 5.74) is 9.88. The number of ether oxygens (including phenoxy) is 1. The van der Waals surface area contributed by atoms with Gasteiger partial charge in [-0.1, -0.05) is 24.5 Å². The fraction of sp³-hybridized carbons (Fsp3) is 0.455. The Kier molecular flexibility index (Phi) is 7.48. The Balaban J connectivity index is 1.52. The van der Waals surface area contributed by atoms with Crippen LogP contribution in [0.25, 0.3) is 5.82 Å². The van der Waals surface area contributed by atoms with E-state index in [0.29, 0.717) is 24.9 Å². The van der Waals surface area contributed by atoms with E-state index in [1.54, 1.807) is 6.21 Å². The number of nitrogens with two attached hydrogens (primary N) is 1. The molecular formula is C22H29N9O3. The van der Waals surface area contributed by atoms with E-state index in [-0.39, 0.29) is 17.3 Å². The minimum atomic E-state index is -0.490. The Hall–Kier alpha value is -3.80. The second-order valence-corrected chi connectivity index (χ2v) is 8.18. The largest absolute Gasteiger partial charge is 0.494 e. The molecule has 4 rings (SSSR count). The van der Waals surface area contributed by atoms with Crippen molar-refractivity contribution in [3.63, 3.8) is 0 Å². The van der Waals surface area contributed by atoms with Gasteiger partial charge in [0.25, 0.3) is 5.91 Å². The van der Waals surface area contributed by atoms with Gasteiger partial charge in [0.1, 0.15) is 5.75 Å². The summed E-state index contributed by atoms with van der Waals surface area (Å²) in [5.74, 6) is 0.535. The Morgan fingerprint density at radius 2 is 2.06 bits per heavy atom. The quantitative estimate of drug-likeness (QED) is 0.356. The van der Waals surface area contributed by atoms with Crippen molar-refractivity contribution < 1.29 is 14.2 Å². The molecule has 2 heterocycles. The lowest BCUT2D eigenvalue weighted by Crippen LogP contribution is -2.34. The Morgan fingerprint density at radius 1 is 1.29 bits per heavy atom. The minimum absolute atomic E-state index is 0.0620. The first-order valence-electron chi connectivity index (χ1n) is 11.4. The number of hydrazone groups is 1. The molecule has 1 fully saturated rings. The molecule has 34 heavy (non-hydrogen) atoms. The Morgan fingerprint density at radius 3 is 2.74 bits per heavy atom. The molecule has 3 aromatic rings. The van der Waals surface area contributed by atoms with Crippen LogP contribution >= 0.6 is 0 Å². The molecule has 0 atom stereocenters. The zero-order chi connectivity index (χ0) is 23.9. The van der Waals surface area contributed by atoms with Crippen molar-refractivity contribution in [3.05, 3.63) is 41.2 Å². The van der Waals surface area contributed by atoms with E-state index >= 15 is 0 Å². The molecule has 0 aliphatic heterocycles. The third kappa shape index (κ3) is 5.39. The second kappa shape index (κ2) is 10.9. The standard InChI is InChI=1S/C22H29N9O3/c1-3-33-17-11-9-15(10-12-17)13-24-26-22(32)19-18(14-30(2)16-7-5-4-6-8-16)31(29-25-19)21-20(23)27-34-28-21/h9-13,16H,3-8,14H2,1-2H3,(H2,23,27)(H,26,32). The van der Waals surface area contributed by atoms with E-state index < -0.39 is 5.91 Å². The first-order chi connectivity index (χ1) is 16.6. The van der Waals surface area contributed by atoms with Crippen LogP contribution in [-0.2, 0) is 6.54 Å². The summed E-state index contributed by atoms with van der Waals surface area (Å²) in [6, 6.07) is 7.80. The highest BCUT2D eigenvalue weighted by Crippen LogP contribution is 2.24. The summed E-state index contributed by atoms with van der Waals surface area (Å²) in [4.78, 5) is 15.2. The molecule has 12 nitrogen and oxygen atoms in total. The molecule has 180 valence electrons. The fourth-order valence-electron chi connectivity index (χ4n) is 4.05. The van der Waals surface area contributed by atoms with Crippen molar-refractivity contribution in [3.8, 4) is 11.6 Å². The molecule has 1 aromatic carbocycles. The number of nitrogens with one attached hydrogen (secondary N) is 1. The second-order valence-electron chi connectivity index (χ2n) is 8.18. The number of carbonyl (C=O) groups is 1. The zero-order valence-corrected chi connectivity index (χ0v) is 19.3. The monoisotopic (exact) mass is 467 g/mol. The summed E-state index contributed by atoms with van der Waals surface area (Å²) in [6.45, 7) is 2.95. The number of carbonyl (C=O) groups excluding carboxylic acids is 1. The van der Waals surface area contributed by atoms with Gasteiger partial charge in [-0.3, -0.25) is 9.69 Å². The molecule has 0 spiro atoms. The summed E-state index contributed by atoms with van der Waals surface area (Å²) in [7, 11) is 2.03. The van der Waals surface area contributed by atoms with Gasteiger partial charge in [-0.25, -0.2) is 10.1 Å². The molecule has 0 saturated heterocycles. The SMILES string of the molecule is CCOc1ccc(C=NNC(=O)c2nnn(-c3nonc3N)c2CN(C)C2CCCCC2)cc1. The smallest absolute Gasteiger partial charge is 0.293 e. The average molecular weight is 468 g/mol. The van der Waals surface area contributed by atoms with Crippen LogP contribution in [0, 0.1) is 0 Å². The molecule has 0 radical (unpaired) electrons. The van der Waals surface area contributed by atoms with Crippen LogP contribution in [0.15, 0.2) is 34.0 Å². The van der Waals surface area contributed by atoms with Crippen molar-refractivity contribution in [2.45, 2.75) is 51.6 Å². The maximum absolute atomic E-state index is 13.0. The van der Waals surface area contributed by atoms with Crippen LogP contribution in [0.2, 0.25) is 0 Å².